The lowest BCUT2D eigenvalue weighted by molar-refractivity contribution is 0.463. The van der Waals surface area contributed by atoms with Gasteiger partial charge in [-0.3, -0.25) is 4.98 Å². The third kappa shape index (κ3) is 3.36. The fourth-order valence-corrected chi connectivity index (χ4v) is 5.45. The van der Waals surface area contributed by atoms with E-state index in [4.69, 9.17) is 4.74 Å². The summed E-state index contributed by atoms with van der Waals surface area (Å²) in [5.41, 5.74) is 1.50. The summed E-state index contributed by atoms with van der Waals surface area (Å²) in [5.74, 6) is 1.08. The Hall–Kier alpha value is -2.91. The highest BCUT2D eigenvalue weighted by atomic mass is 32.2. The third-order valence-corrected chi connectivity index (χ3v) is 7.02. The Balaban J connectivity index is 1.94. The van der Waals surface area contributed by atoms with Gasteiger partial charge in [0.1, 0.15) is 10.8 Å². The Morgan fingerprint density at radius 2 is 1.83 bits per heavy atom. The zero-order valence-electron chi connectivity index (χ0n) is 16.0. The number of ether oxygens (including phenoxy) is 1. The van der Waals surface area contributed by atoms with Crippen LogP contribution < -0.4 is 4.74 Å². The fourth-order valence-electron chi connectivity index (χ4n) is 3.03. The summed E-state index contributed by atoms with van der Waals surface area (Å²) < 4.78 is 34.2. The van der Waals surface area contributed by atoms with Crippen LogP contribution in [-0.2, 0) is 9.84 Å². The average molecular weight is 427 g/mol. The first-order chi connectivity index (χ1) is 13.9. The highest BCUT2D eigenvalue weighted by Crippen LogP contribution is 2.35. The molecule has 3 heterocycles. The van der Waals surface area contributed by atoms with Crippen molar-refractivity contribution in [2.24, 2.45) is 0 Å². The Morgan fingerprint density at radius 3 is 2.48 bits per heavy atom. The number of thioether (sulfide) groups is 1. The van der Waals surface area contributed by atoms with E-state index in [1.807, 2.05) is 6.92 Å². The van der Waals surface area contributed by atoms with Gasteiger partial charge in [-0.2, -0.15) is 5.10 Å². The van der Waals surface area contributed by atoms with Crippen LogP contribution in [0.4, 0.5) is 0 Å². The zero-order valence-corrected chi connectivity index (χ0v) is 17.7. The van der Waals surface area contributed by atoms with Gasteiger partial charge in [0.2, 0.25) is 9.84 Å². The van der Waals surface area contributed by atoms with E-state index in [-0.39, 0.29) is 15.4 Å². The first-order valence-corrected chi connectivity index (χ1v) is 11.5. The van der Waals surface area contributed by atoms with Gasteiger partial charge in [-0.15, -0.1) is 11.8 Å². The van der Waals surface area contributed by atoms with Crippen molar-refractivity contribution in [3.8, 4) is 11.5 Å². The number of aryl methyl sites for hydroxylation is 2. The Kier molecular flexibility index (Phi) is 5.01. The Bertz CT molecular complexity index is 1290. The number of sulfone groups is 1. The second-order valence-corrected chi connectivity index (χ2v) is 8.97. The normalized spacial score (nSPS) is 11.7. The van der Waals surface area contributed by atoms with Crippen LogP contribution in [0.25, 0.3) is 5.65 Å². The van der Waals surface area contributed by atoms with Crippen LogP contribution in [0, 0.1) is 13.8 Å². The van der Waals surface area contributed by atoms with Crippen LogP contribution in [0.1, 0.15) is 11.4 Å². The molecule has 0 aliphatic heterocycles. The summed E-state index contributed by atoms with van der Waals surface area (Å²) in [6.45, 7) is 3.60. The number of pyridine rings is 1. The van der Waals surface area contributed by atoms with Crippen molar-refractivity contribution in [3.63, 3.8) is 0 Å². The SMILES string of the molecule is CSc1nn2c(C)c(Oc3cccnc3)c(C)nc2c1S(=O)(=O)c1ccccc1. The molecule has 0 amide bonds. The van der Waals surface area contributed by atoms with Gasteiger partial charge in [-0.1, -0.05) is 18.2 Å². The highest BCUT2D eigenvalue weighted by Gasteiger charge is 2.30. The van der Waals surface area contributed by atoms with Crippen molar-refractivity contribution in [1.82, 2.24) is 19.6 Å². The largest absolute Gasteiger partial charge is 0.452 e. The second kappa shape index (κ2) is 7.49. The lowest BCUT2D eigenvalue weighted by atomic mass is 10.3. The molecule has 0 N–H and O–H groups in total. The van der Waals surface area contributed by atoms with Gasteiger partial charge >= 0.3 is 0 Å². The topological polar surface area (TPSA) is 86.4 Å². The fraction of sp³-hybridized carbons (Fsp3) is 0.150. The smallest absolute Gasteiger partial charge is 0.213 e. The van der Waals surface area contributed by atoms with E-state index in [0.29, 0.717) is 27.9 Å². The van der Waals surface area contributed by atoms with Gasteiger partial charge in [-0.25, -0.2) is 17.9 Å². The summed E-state index contributed by atoms with van der Waals surface area (Å²) in [6, 6.07) is 11.9. The second-order valence-electron chi connectivity index (χ2n) is 6.29. The van der Waals surface area contributed by atoms with E-state index in [1.165, 1.54) is 16.3 Å². The standard InChI is InChI=1S/C20H18N4O3S2/c1-13-17(27-15-8-7-11-21-12-15)14(2)24-19(22-13)18(20(23-24)28-3)29(25,26)16-9-5-4-6-10-16/h4-12H,1-3H3. The van der Waals surface area contributed by atoms with E-state index in [0.717, 1.165) is 0 Å². The van der Waals surface area contributed by atoms with Crippen LogP contribution in [0.2, 0.25) is 0 Å². The number of fused-ring (bicyclic) bond motifs is 1. The molecule has 148 valence electrons. The molecule has 9 heteroatoms. The maximum atomic E-state index is 13.3. The third-order valence-electron chi connectivity index (χ3n) is 4.41. The summed E-state index contributed by atoms with van der Waals surface area (Å²) in [7, 11) is -3.79. The molecule has 0 atom stereocenters. The van der Waals surface area contributed by atoms with Gasteiger partial charge in [0.15, 0.2) is 16.3 Å². The number of hydrogen-bond donors (Lipinski definition) is 0. The van der Waals surface area contributed by atoms with Crippen LogP contribution in [0.15, 0.2) is 69.7 Å². The lowest BCUT2D eigenvalue weighted by Gasteiger charge is -2.12. The number of nitrogens with zero attached hydrogens (tertiary/aromatic N) is 4. The number of aromatic nitrogens is 4. The minimum atomic E-state index is -3.79. The van der Waals surface area contributed by atoms with E-state index in [9.17, 15) is 8.42 Å². The monoisotopic (exact) mass is 426 g/mol. The predicted octanol–water partition coefficient (Wildman–Crippen LogP) is 4.09. The van der Waals surface area contributed by atoms with Crippen molar-refractivity contribution < 1.29 is 13.2 Å². The molecule has 29 heavy (non-hydrogen) atoms. The molecule has 0 spiro atoms. The van der Waals surface area contributed by atoms with E-state index < -0.39 is 9.84 Å². The minimum absolute atomic E-state index is 0.107. The molecule has 0 aliphatic rings. The molecule has 4 aromatic rings. The van der Waals surface area contributed by atoms with Crippen molar-refractivity contribution in [1.29, 1.82) is 0 Å². The summed E-state index contributed by atoms with van der Waals surface area (Å²) in [4.78, 5) is 8.92. The van der Waals surface area contributed by atoms with Crippen LogP contribution in [0.5, 0.6) is 11.5 Å². The average Bonchev–Trinajstić information content (AvgIpc) is 3.12. The number of benzene rings is 1. The molecule has 3 aromatic heterocycles. The van der Waals surface area contributed by atoms with Gasteiger partial charge < -0.3 is 4.74 Å². The summed E-state index contributed by atoms with van der Waals surface area (Å²) in [5, 5.41) is 4.90. The van der Waals surface area contributed by atoms with E-state index in [1.54, 1.807) is 68.0 Å². The number of hydrogen-bond acceptors (Lipinski definition) is 7. The van der Waals surface area contributed by atoms with Crippen molar-refractivity contribution in [2.45, 2.75) is 28.7 Å². The molecule has 0 fully saturated rings. The van der Waals surface area contributed by atoms with Crippen molar-refractivity contribution in [3.05, 3.63) is 66.2 Å². The van der Waals surface area contributed by atoms with Crippen molar-refractivity contribution >= 4 is 27.2 Å². The van der Waals surface area contributed by atoms with Crippen LogP contribution in [0.3, 0.4) is 0 Å². The maximum absolute atomic E-state index is 13.3. The molecule has 0 radical (unpaired) electrons. The number of rotatable bonds is 5. The lowest BCUT2D eigenvalue weighted by Crippen LogP contribution is -2.06. The molecule has 0 bridgehead atoms. The van der Waals surface area contributed by atoms with Crippen LogP contribution >= 0.6 is 11.8 Å². The Labute approximate surface area is 172 Å². The first kappa shape index (κ1) is 19.4. The van der Waals surface area contributed by atoms with Gasteiger partial charge in [0.25, 0.3) is 0 Å². The maximum Gasteiger partial charge on any atom is 0.213 e. The van der Waals surface area contributed by atoms with Crippen molar-refractivity contribution in [2.75, 3.05) is 6.26 Å². The Morgan fingerprint density at radius 1 is 1.07 bits per heavy atom. The molecule has 7 nitrogen and oxygen atoms in total. The quantitative estimate of drug-likeness (QED) is 0.444. The zero-order chi connectivity index (χ0) is 20.6. The van der Waals surface area contributed by atoms with E-state index in [2.05, 4.69) is 15.1 Å². The van der Waals surface area contributed by atoms with E-state index >= 15 is 0 Å². The van der Waals surface area contributed by atoms with Gasteiger partial charge in [0, 0.05) is 6.20 Å². The molecule has 0 aliphatic carbocycles. The first-order valence-electron chi connectivity index (χ1n) is 8.75. The molecule has 0 unspecified atom stereocenters. The predicted molar refractivity (Wildman–Crippen MR) is 110 cm³/mol. The molecule has 0 saturated carbocycles. The molecular formula is C20H18N4O3S2. The molecule has 4 rings (SSSR count). The summed E-state index contributed by atoms with van der Waals surface area (Å²) in [6.07, 6.45) is 5.05. The molecule has 0 saturated heterocycles. The molecule has 1 aromatic carbocycles. The van der Waals surface area contributed by atoms with Gasteiger partial charge in [0.05, 0.1) is 22.5 Å². The minimum Gasteiger partial charge on any atom is -0.452 e. The molecular weight excluding hydrogens is 408 g/mol. The highest BCUT2D eigenvalue weighted by molar-refractivity contribution is 7.99. The van der Waals surface area contributed by atoms with Crippen LogP contribution in [-0.4, -0.2) is 34.3 Å². The summed E-state index contributed by atoms with van der Waals surface area (Å²) >= 11 is 1.27. The van der Waals surface area contributed by atoms with Gasteiger partial charge in [-0.05, 0) is 44.4 Å².